The molecule has 0 aliphatic carbocycles. The van der Waals surface area contributed by atoms with Gasteiger partial charge < -0.3 is 0 Å². The predicted molar refractivity (Wildman–Crippen MR) is 108 cm³/mol. The molecule has 0 fully saturated rings. The zero-order chi connectivity index (χ0) is 20.3. The maximum atomic E-state index is 12.7. The number of nitro groups is 1. The number of non-ortho nitro benzene ring substituents is 1. The van der Waals surface area contributed by atoms with E-state index < -0.39 is 14.9 Å². The van der Waals surface area contributed by atoms with E-state index in [4.69, 9.17) is 0 Å². The summed E-state index contributed by atoms with van der Waals surface area (Å²) < 4.78 is 27.7. The largest absolute Gasteiger partial charge is 0.270 e. The number of sulfonamides is 1. The Morgan fingerprint density at radius 2 is 1.82 bits per heavy atom. The first-order valence-corrected chi connectivity index (χ1v) is 10.8. The first kappa shape index (κ1) is 19.8. The fourth-order valence-corrected chi connectivity index (χ4v) is 3.91. The van der Waals surface area contributed by atoms with Crippen LogP contribution in [0.2, 0.25) is 0 Å². The fraction of sp³-hybridized carbons (Fsp3) is 0.111. The molecule has 1 N–H and O–H groups in total. The second-order valence-corrected chi connectivity index (χ2v) is 8.30. The van der Waals surface area contributed by atoms with Crippen LogP contribution in [0.3, 0.4) is 0 Å². The van der Waals surface area contributed by atoms with Crippen LogP contribution < -0.4 is 4.72 Å². The summed E-state index contributed by atoms with van der Waals surface area (Å²) in [5, 5.41) is 11.5. The molecule has 0 spiro atoms. The highest BCUT2D eigenvalue weighted by Crippen LogP contribution is 2.27. The summed E-state index contributed by atoms with van der Waals surface area (Å²) in [6, 6.07) is 14.2. The lowest BCUT2D eigenvalue weighted by Gasteiger charge is -2.11. The highest BCUT2D eigenvalue weighted by atomic mass is 32.2. The molecule has 0 aliphatic heterocycles. The van der Waals surface area contributed by atoms with E-state index in [1.807, 2.05) is 37.4 Å². The summed E-state index contributed by atoms with van der Waals surface area (Å²) in [5.74, 6) is -0.100. The Bertz CT molecular complexity index is 1150. The number of aryl methyl sites for hydroxylation is 1. The summed E-state index contributed by atoms with van der Waals surface area (Å²) in [6.45, 7) is 1.93. The number of nitrogens with one attached hydrogen (secondary N) is 1. The zero-order valence-corrected chi connectivity index (χ0v) is 16.6. The molecule has 0 amide bonds. The maximum Gasteiger partial charge on any atom is 0.270 e. The normalized spacial score (nSPS) is 11.2. The van der Waals surface area contributed by atoms with Crippen LogP contribution in [0, 0.1) is 17.0 Å². The molecule has 1 heterocycles. The minimum atomic E-state index is -4.09. The zero-order valence-electron chi connectivity index (χ0n) is 15.0. The lowest BCUT2D eigenvalue weighted by atomic mass is 10.1. The van der Waals surface area contributed by atoms with Crippen LogP contribution in [0.5, 0.6) is 0 Å². The quantitative estimate of drug-likeness (QED) is 0.280. The van der Waals surface area contributed by atoms with Gasteiger partial charge in [-0.05, 0) is 30.9 Å². The molecule has 8 nitrogen and oxygen atoms in total. The van der Waals surface area contributed by atoms with Crippen LogP contribution >= 0.6 is 11.8 Å². The predicted octanol–water partition coefficient (Wildman–Crippen LogP) is 3.88. The molecule has 2 aromatic carbocycles. The third-order valence-electron chi connectivity index (χ3n) is 3.90. The second-order valence-electron chi connectivity index (χ2n) is 5.79. The summed E-state index contributed by atoms with van der Waals surface area (Å²) in [6.07, 6.45) is 1.82. The van der Waals surface area contributed by atoms with Crippen molar-refractivity contribution in [3.8, 4) is 11.3 Å². The van der Waals surface area contributed by atoms with E-state index in [1.54, 1.807) is 6.07 Å². The molecular weight excluding hydrogens is 400 g/mol. The van der Waals surface area contributed by atoms with Gasteiger partial charge in [-0.2, -0.15) is 0 Å². The minimum Gasteiger partial charge on any atom is -0.258 e. The van der Waals surface area contributed by atoms with Gasteiger partial charge in [0.05, 0.1) is 15.5 Å². The van der Waals surface area contributed by atoms with Crippen molar-refractivity contribution in [1.29, 1.82) is 0 Å². The van der Waals surface area contributed by atoms with Crippen LogP contribution in [-0.2, 0) is 10.0 Å². The van der Waals surface area contributed by atoms with E-state index >= 15 is 0 Å². The number of hydrogen-bond acceptors (Lipinski definition) is 7. The molecule has 0 unspecified atom stereocenters. The van der Waals surface area contributed by atoms with E-state index in [2.05, 4.69) is 14.7 Å². The standard InChI is InChI=1S/C18H16N4O4S2/c1-12-6-3-4-9-15(12)16-11-17(27-2)20-18(19-16)21-28(25,26)14-8-5-7-13(10-14)22(23)24/h3-11H,1-2H3,(H,19,20,21). The number of benzene rings is 2. The van der Waals surface area contributed by atoms with Crippen molar-refractivity contribution >= 4 is 33.4 Å². The summed E-state index contributed by atoms with van der Waals surface area (Å²) >= 11 is 1.35. The van der Waals surface area contributed by atoms with E-state index in [1.165, 1.54) is 30.0 Å². The number of hydrogen-bond donors (Lipinski definition) is 1. The Labute approximate surface area is 166 Å². The highest BCUT2D eigenvalue weighted by molar-refractivity contribution is 7.98. The maximum absolute atomic E-state index is 12.7. The molecule has 0 saturated carbocycles. The Hall–Kier alpha value is -2.98. The third-order valence-corrected chi connectivity index (χ3v) is 5.85. The average molecular weight is 416 g/mol. The van der Waals surface area contributed by atoms with Crippen molar-refractivity contribution in [3.63, 3.8) is 0 Å². The third kappa shape index (κ3) is 4.29. The minimum absolute atomic E-state index is 0.100. The molecule has 0 saturated heterocycles. The van der Waals surface area contributed by atoms with Gasteiger partial charge in [-0.3, -0.25) is 10.1 Å². The Morgan fingerprint density at radius 3 is 2.50 bits per heavy atom. The van der Waals surface area contributed by atoms with Crippen LogP contribution in [0.4, 0.5) is 11.6 Å². The molecule has 10 heteroatoms. The Kier molecular flexibility index (Phi) is 5.61. The van der Waals surface area contributed by atoms with Gasteiger partial charge in [0.2, 0.25) is 5.95 Å². The Balaban J connectivity index is 2.02. The molecule has 1 aromatic heterocycles. The number of aromatic nitrogens is 2. The molecule has 3 rings (SSSR count). The number of nitrogens with zero attached hydrogens (tertiary/aromatic N) is 3. The summed E-state index contributed by atoms with van der Waals surface area (Å²) in [7, 11) is -4.09. The van der Waals surface area contributed by atoms with Crippen molar-refractivity contribution in [2.45, 2.75) is 16.8 Å². The molecule has 0 atom stereocenters. The van der Waals surface area contributed by atoms with Crippen molar-refractivity contribution in [2.75, 3.05) is 11.0 Å². The van der Waals surface area contributed by atoms with Gasteiger partial charge in [-0.15, -0.1) is 11.8 Å². The SMILES string of the molecule is CSc1cc(-c2ccccc2C)nc(NS(=O)(=O)c2cccc([N+](=O)[O-])c2)n1. The number of rotatable bonds is 6. The second kappa shape index (κ2) is 7.95. The van der Waals surface area contributed by atoms with Gasteiger partial charge in [0.15, 0.2) is 0 Å². The van der Waals surface area contributed by atoms with E-state index in [0.29, 0.717) is 10.7 Å². The van der Waals surface area contributed by atoms with E-state index in [0.717, 1.165) is 17.2 Å². The smallest absolute Gasteiger partial charge is 0.258 e. The van der Waals surface area contributed by atoms with Crippen molar-refractivity contribution in [1.82, 2.24) is 9.97 Å². The van der Waals surface area contributed by atoms with Crippen molar-refractivity contribution < 1.29 is 13.3 Å². The fourth-order valence-electron chi connectivity index (χ4n) is 2.52. The van der Waals surface area contributed by atoms with Gasteiger partial charge in [0.1, 0.15) is 5.03 Å². The summed E-state index contributed by atoms with van der Waals surface area (Å²) in [4.78, 5) is 18.6. The number of thioether (sulfide) groups is 1. The number of nitro benzene ring substituents is 1. The topological polar surface area (TPSA) is 115 Å². The molecule has 0 radical (unpaired) electrons. The van der Waals surface area contributed by atoms with Gasteiger partial charge in [-0.1, -0.05) is 30.3 Å². The first-order valence-electron chi connectivity index (χ1n) is 8.06. The first-order chi connectivity index (χ1) is 13.3. The van der Waals surface area contributed by atoms with Gasteiger partial charge in [0.25, 0.3) is 15.7 Å². The molecular formula is C18H16N4O4S2. The molecule has 0 bridgehead atoms. The van der Waals surface area contributed by atoms with Crippen LogP contribution in [0.1, 0.15) is 5.56 Å². The lowest BCUT2D eigenvalue weighted by molar-refractivity contribution is -0.385. The van der Waals surface area contributed by atoms with Crippen molar-refractivity contribution in [2.24, 2.45) is 0 Å². The highest BCUT2D eigenvalue weighted by Gasteiger charge is 2.20. The van der Waals surface area contributed by atoms with Crippen LogP contribution in [-0.4, -0.2) is 29.6 Å². The van der Waals surface area contributed by atoms with Gasteiger partial charge in [0, 0.05) is 17.7 Å². The molecule has 3 aromatic rings. The summed E-state index contributed by atoms with van der Waals surface area (Å²) in [5.41, 5.74) is 2.10. The van der Waals surface area contributed by atoms with Crippen LogP contribution in [0.25, 0.3) is 11.3 Å². The molecule has 28 heavy (non-hydrogen) atoms. The van der Waals surface area contributed by atoms with Crippen LogP contribution in [0.15, 0.2) is 64.5 Å². The molecule has 144 valence electrons. The number of anilines is 1. The lowest BCUT2D eigenvalue weighted by Crippen LogP contribution is -2.15. The molecule has 0 aliphatic rings. The van der Waals surface area contributed by atoms with Gasteiger partial charge in [-0.25, -0.2) is 23.1 Å². The average Bonchev–Trinajstić information content (AvgIpc) is 2.67. The van der Waals surface area contributed by atoms with Gasteiger partial charge >= 0.3 is 0 Å². The van der Waals surface area contributed by atoms with E-state index in [9.17, 15) is 18.5 Å². The van der Waals surface area contributed by atoms with Crippen molar-refractivity contribution in [3.05, 3.63) is 70.3 Å². The monoisotopic (exact) mass is 416 g/mol. The van der Waals surface area contributed by atoms with E-state index in [-0.39, 0.29) is 16.5 Å². The Morgan fingerprint density at radius 1 is 1.07 bits per heavy atom.